The summed E-state index contributed by atoms with van der Waals surface area (Å²) in [6, 6.07) is 0. The third-order valence-electron chi connectivity index (χ3n) is 2.89. The standard InChI is InChI=1S/C11H14N2O3S2/c1-6-8(18-7(2)12-6)9(14)13-11(10(15)16)3-4-17-5-11/h3-5H2,1-2H3,(H,13,14)(H,15,16). The summed E-state index contributed by atoms with van der Waals surface area (Å²) in [5, 5.41) is 12.8. The Labute approximate surface area is 113 Å². The number of carbonyl (C=O) groups excluding carboxylic acids is 1. The molecule has 1 aliphatic rings. The minimum absolute atomic E-state index is 0.331. The van der Waals surface area contributed by atoms with Gasteiger partial charge in [0.15, 0.2) is 0 Å². The number of amides is 1. The lowest BCUT2D eigenvalue weighted by Gasteiger charge is -2.24. The molecule has 2 N–H and O–H groups in total. The largest absolute Gasteiger partial charge is 0.479 e. The Hall–Kier alpha value is -1.08. The van der Waals surface area contributed by atoms with E-state index in [0.717, 1.165) is 10.8 Å². The molecule has 1 atom stereocenters. The van der Waals surface area contributed by atoms with Gasteiger partial charge in [0.25, 0.3) is 5.91 Å². The number of carbonyl (C=O) groups is 2. The Morgan fingerprint density at radius 3 is 2.61 bits per heavy atom. The highest BCUT2D eigenvalue weighted by molar-refractivity contribution is 7.99. The predicted octanol–water partition coefficient (Wildman–Crippen LogP) is 1.45. The first kappa shape index (κ1) is 13.4. The first-order valence-electron chi connectivity index (χ1n) is 5.52. The number of rotatable bonds is 3. The van der Waals surface area contributed by atoms with E-state index in [4.69, 9.17) is 0 Å². The molecule has 1 amide bonds. The second-order valence-corrected chi connectivity index (χ2v) is 6.60. The number of nitrogens with zero attached hydrogens (tertiary/aromatic N) is 1. The molecule has 5 nitrogen and oxygen atoms in total. The van der Waals surface area contributed by atoms with Crippen LogP contribution in [-0.4, -0.2) is 39.0 Å². The van der Waals surface area contributed by atoms with Gasteiger partial charge >= 0.3 is 5.97 Å². The van der Waals surface area contributed by atoms with Crippen molar-refractivity contribution in [2.24, 2.45) is 0 Å². The summed E-state index contributed by atoms with van der Waals surface area (Å²) in [6.45, 7) is 3.59. The minimum Gasteiger partial charge on any atom is -0.479 e. The summed E-state index contributed by atoms with van der Waals surface area (Å²) in [5.41, 5.74) is -0.465. The number of hydrogen-bond donors (Lipinski definition) is 2. The van der Waals surface area contributed by atoms with Crippen molar-refractivity contribution in [1.82, 2.24) is 10.3 Å². The lowest BCUT2D eigenvalue weighted by atomic mass is 9.99. The Morgan fingerprint density at radius 1 is 1.44 bits per heavy atom. The molecular formula is C11H14N2O3S2. The Bertz CT molecular complexity index is 492. The van der Waals surface area contributed by atoms with Crippen LogP contribution in [0.1, 0.15) is 26.8 Å². The zero-order chi connectivity index (χ0) is 13.3. The quantitative estimate of drug-likeness (QED) is 0.879. The second-order valence-electron chi connectivity index (χ2n) is 4.29. The van der Waals surface area contributed by atoms with Crippen molar-refractivity contribution in [1.29, 1.82) is 0 Å². The second kappa shape index (κ2) is 4.89. The molecule has 1 fully saturated rings. The maximum Gasteiger partial charge on any atom is 0.330 e. The van der Waals surface area contributed by atoms with Gasteiger partial charge in [-0.3, -0.25) is 4.79 Å². The summed E-state index contributed by atoms with van der Waals surface area (Å²) in [5.74, 6) is -0.110. The number of carboxylic acids is 1. The van der Waals surface area contributed by atoms with Crippen LogP contribution in [0.25, 0.3) is 0 Å². The average Bonchev–Trinajstić information content (AvgIpc) is 2.86. The molecule has 1 aromatic rings. The molecular weight excluding hydrogens is 272 g/mol. The predicted molar refractivity (Wildman–Crippen MR) is 71.4 cm³/mol. The monoisotopic (exact) mass is 286 g/mol. The van der Waals surface area contributed by atoms with Crippen LogP contribution in [0.5, 0.6) is 0 Å². The van der Waals surface area contributed by atoms with Crippen molar-refractivity contribution in [2.75, 3.05) is 11.5 Å². The van der Waals surface area contributed by atoms with Crippen molar-refractivity contribution in [3.05, 3.63) is 15.6 Å². The number of aliphatic carboxylic acids is 1. The first-order chi connectivity index (χ1) is 8.44. The molecule has 0 bridgehead atoms. The number of nitrogens with one attached hydrogen (secondary N) is 1. The SMILES string of the molecule is Cc1nc(C)c(C(=O)NC2(C(=O)O)CCSC2)s1. The normalized spacial score (nSPS) is 23.0. The molecule has 18 heavy (non-hydrogen) atoms. The highest BCUT2D eigenvalue weighted by Crippen LogP contribution is 2.29. The zero-order valence-electron chi connectivity index (χ0n) is 10.1. The Morgan fingerprint density at radius 2 is 2.17 bits per heavy atom. The Balaban J connectivity index is 2.20. The van der Waals surface area contributed by atoms with Crippen LogP contribution in [-0.2, 0) is 4.79 Å². The fourth-order valence-electron chi connectivity index (χ4n) is 1.90. The highest BCUT2D eigenvalue weighted by atomic mass is 32.2. The third-order valence-corrected chi connectivity index (χ3v) is 5.15. The van der Waals surface area contributed by atoms with Crippen LogP contribution in [0.2, 0.25) is 0 Å². The van der Waals surface area contributed by atoms with E-state index in [2.05, 4.69) is 10.3 Å². The summed E-state index contributed by atoms with van der Waals surface area (Å²) >= 11 is 2.84. The van der Waals surface area contributed by atoms with Crippen molar-refractivity contribution >= 4 is 35.0 Å². The lowest BCUT2D eigenvalue weighted by molar-refractivity contribution is -0.143. The summed E-state index contributed by atoms with van der Waals surface area (Å²) in [4.78, 5) is 28.2. The van der Waals surface area contributed by atoms with Crippen LogP contribution >= 0.6 is 23.1 Å². The van der Waals surface area contributed by atoms with Crippen LogP contribution in [0.4, 0.5) is 0 Å². The molecule has 7 heteroatoms. The van der Waals surface area contributed by atoms with E-state index >= 15 is 0 Å². The number of thioether (sulfide) groups is 1. The van der Waals surface area contributed by atoms with Crippen LogP contribution < -0.4 is 5.32 Å². The maximum atomic E-state index is 12.1. The fraction of sp³-hybridized carbons (Fsp3) is 0.545. The summed E-state index contributed by atoms with van der Waals surface area (Å²) in [6.07, 6.45) is 0.468. The molecule has 1 aromatic heterocycles. The van der Waals surface area contributed by atoms with E-state index in [1.165, 1.54) is 11.3 Å². The molecule has 0 aliphatic carbocycles. The molecule has 1 aliphatic heterocycles. The number of thiazole rings is 1. The molecule has 1 saturated heterocycles. The molecule has 98 valence electrons. The van der Waals surface area contributed by atoms with E-state index < -0.39 is 11.5 Å². The summed E-state index contributed by atoms with van der Waals surface area (Å²) < 4.78 is 0. The summed E-state index contributed by atoms with van der Waals surface area (Å²) in [7, 11) is 0. The molecule has 0 radical (unpaired) electrons. The van der Waals surface area contributed by atoms with Crippen LogP contribution in [0, 0.1) is 13.8 Å². The molecule has 2 rings (SSSR count). The van der Waals surface area contributed by atoms with Gasteiger partial charge in [-0.15, -0.1) is 11.3 Å². The van der Waals surface area contributed by atoms with Gasteiger partial charge in [0, 0.05) is 5.75 Å². The topological polar surface area (TPSA) is 79.3 Å². The van der Waals surface area contributed by atoms with Gasteiger partial charge in [0.2, 0.25) is 0 Å². The molecule has 1 unspecified atom stereocenters. The number of aryl methyl sites for hydroxylation is 2. The van der Waals surface area contributed by atoms with Crippen molar-refractivity contribution in [3.63, 3.8) is 0 Å². The van der Waals surface area contributed by atoms with Crippen molar-refractivity contribution in [3.8, 4) is 0 Å². The van der Waals surface area contributed by atoms with Gasteiger partial charge in [0.1, 0.15) is 10.4 Å². The van der Waals surface area contributed by atoms with Gasteiger partial charge < -0.3 is 10.4 Å². The number of aromatic nitrogens is 1. The van der Waals surface area contributed by atoms with Gasteiger partial charge in [0.05, 0.1) is 10.7 Å². The lowest BCUT2D eigenvalue weighted by Crippen LogP contribution is -2.54. The van der Waals surface area contributed by atoms with E-state index in [0.29, 0.717) is 22.7 Å². The number of hydrogen-bond acceptors (Lipinski definition) is 5. The van der Waals surface area contributed by atoms with Crippen LogP contribution in [0.3, 0.4) is 0 Å². The molecule has 0 saturated carbocycles. The maximum absolute atomic E-state index is 12.1. The van der Waals surface area contributed by atoms with Gasteiger partial charge in [-0.05, 0) is 26.0 Å². The van der Waals surface area contributed by atoms with E-state index in [9.17, 15) is 14.7 Å². The fourth-order valence-corrected chi connectivity index (χ4v) is 4.04. The Kier molecular flexibility index (Phi) is 3.63. The molecule has 0 aromatic carbocycles. The smallest absolute Gasteiger partial charge is 0.330 e. The zero-order valence-corrected chi connectivity index (χ0v) is 11.8. The van der Waals surface area contributed by atoms with Crippen molar-refractivity contribution in [2.45, 2.75) is 25.8 Å². The number of carboxylic acid groups (broad SMARTS) is 1. The van der Waals surface area contributed by atoms with Gasteiger partial charge in [-0.25, -0.2) is 9.78 Å². The van der Waals surface area contributed by atoms with E-state index in [1.807, 2.05) is 6.92 Å². The van der Waals surface area contributed by atoms with Gasteiger partial charge in [-0.2, -0.15) is 11.8 Å². The minimum atomic E-state index is -1.12. The van der Waals surface area contributed by atoms with E-state index in [1.54, 1.807) is 18.7 Å². The van der Waals surface area contributed by atoms with Gasteiger partial charge in [-0.1, -0.05) is 0 Å². The molecule has 0 spiro atoms. The third kappa shape index (κ3) is 2.37. The van der Waals surface area contributed by atoms with Crippen LogP contribution in [0.15, 0.2) is 0 Å². The molecule has 2 heterocycles. The van der Waals surface area contributed by atoms with E-state index in [-0.39, 0.29) is 5.91 Å². The first-order valence-corrected chi connectivity index (χ1v) is 7.49. The highest BCUT2D eigenvalue weighted by Gasteiger charge is 2.43. The van der Waals surface area contributed by atoms with Crippen molar-refractivity contribution < 1.29 is 14.7 Å². The average molecular weight is 286 g/mol.